The van der Waals surface area contributed by atoms with Crippen molar-refractivity contribution >= 4 is 11.7 Å². The van der Waals surface area contributed by atoms with Crippen LogP contribution in [0.3, 0.4) is 0 Å². The van der Waals surface area contributed by atoms with Crippen LogP contribution in [0.2, 0.25) is 0 Å². The van der Waals surface area contributed by atoms with Gasteiger partial charge in [0.2, 0.25) is 0 Å². The molecule has 3 heteroatoms. The molecule has 0 aliphatic heterocycles. The number of carboxylic acids is 1. The van der Waals surface area contributed by atoms with Crippen LogP contribution in [0, 0.1) is 0 Å². The number of carboxylic acid groups (broad SMARTS) is 1. The highest BCUT2D eigenvalue weighted by Crippen LogP contribution is 2.29. The maximum atomic E-state index is 11.1. The average Bonchev–Trinajstić information content (AvgIpc) is 2.16. The van der Waals surface area contributed by atoms with Crippen molar-refractivity contribution in [1.29, 1.82) is 0 Å². The SMILES string of the molecule is CC(C)c1c(C(=O)O)cccc1N(C)C. The molecular formula is C12H17NO2. The zero-order valence-corrected chi connectivity index (χ0v) is 9.61. The van der Waals surface area contributed by atoms with E-state index in [1.807, 2.05) is 38.9 Å². The third-order valence-corrected chi connectivity index (χ3v) is 2.37. The highest BCUT2D eigenvalue weighted by Gasteiger charge is 2.17. The maximum absolute atomic E-state index is 11.1. The molecule has 0 aromatic heterocycles. The topological polar surface area (TPSA) is 40.5 Å². The maximum Gasteiger partial charge on any atom is 0.336 e. The molecular weight excluding hydrogens is 190 g/mol. The van der Waals surface area contributed by atoms with Crippen LogP contribution >= 0.6 is 0 Å². The molecule has 1 rings (SSSR count). The first-order chi connectivity index (χ1) is 6.95. The number of benzene rings is 1. The van der Waals surface area contributed by atoms with Gasteiger partial charge in [-0.1, -0.05) is 19.9 Å². The molecule has 0 radical (unpaired) electrons. The minimum atomic E-state index is -0.859. The standard InChI is InChI=1S/C12H17NO2/c1-8(2)11-9(12(14)15)6-5-7-10(11)13(3)4/h5-8H,1-4H3,(H,14,15). The van der Waals surface area contributed by atoms with Gasteiger partial charge in [0.1, 0.15) is 0 Å². The van der Waals surface area contributed by atoms with E-state index >= 15 is 0 Å². The van der Waals surface area contributed by atoms with Crippen LogP contribution in [0.1, 0.15) is 35.7 Å². The predicted octanol–water partition coefficient (Wildman–Crippen LogP) is 2.57. The van der Waals surface area contributed by atoms with Crippen molar-refractivity contribution in [3.05, 3.63) is 29.3 Å². The second kappa shape index (κ2) is 4.34. The van der Waals surface area contributed by atoms with Crippen molar-refractivity contribution in [2.45, 2.75) is 19.8 Å². The fraction of sp³-hybridized carbons (Fsp3) is 0.417. The molecule has 15 heavy (non-hydrogen) atoms. The largest absolute Gasteiger partial charge is 0.478 e. The van der Waals surface area contributed by atoms with Gasteiger partial charge >= 0.3 is 5.97 Å². The number of anilines is 1. The van der Waals surface area contributed by atoms with Crippen molar-refractivity contribution in [3.8, 4) is 0 Å². The Morgan fingerprint density at radius 3 is 2.33 bits per heavy atom. The van der Waals surface area contributed by atoms with E-state index in [9.17, 15) is 4.79 Å². The zero-order chi connectivity index (χ0) is 11.6. The number of hydrogen-bond acceptors (Lipinski definition) is 2. The van der Waals surface area contributed by atoms with Crippen LogP contribution in [-0.2, 0) is 0 Å². The molecule has 0 unspecified atom stereocenters. The molecule has 0 bridgehead atoms. The van der Waals surface area contributed by atoms with Gasteiger partial charge < -0.3 is 10.0 Å². The Kier molecular flexibility index (Phi) is 3.35. The van der Waals surface area contributed by atoms with Gasteiger partial charge in [-0.15, -0.1) is 0 Å². The third-order valence-electron chi connectivity index (χ3n) is 2.37. The Hall–Kier alpha value is -1.51. The molecule has 0 spiro atoms. The predicted molar refractivity (Wildman–Crippen MR) is 61.8 cm³/mol. The zero-order valence-electron chi connectivity index (χ0n) is 9.61. The summed E-state index contributed by atoms with van der Waals surface area (Å²) in [4.78, 5) is 13.0. The summed E-state index contributed by atoms with van der Waals surface area (Å²) in [5, 5.41) is 9.10. The number of nitrogens with zero attached hydrogens (tertiary/aromatic N) is 1. The lowest BCUT2D eigenvalue weighted by atomic mass is 9.95. The van der Waals surface area contributed by atoms with E-state index < -0.39 is 5.97 Å². The Bertz CT molecular complexity index is 370. The van der Waals surface area contributed by atoms with Crippen LogP contribution in [-0.4, -0.2) is 25.2 Å². The molecule has 0 fully saturated rings. The van der Waals surface area contributed by atoms with Crippen molar-refractivity contribution in [1.82, 2.24) is 0 Å². The van der Waals surface area contributed by atoms with Gasteiger partial charge in [-0.2, -0.15) is 0 Å². The van der Waals surface area contributed by atoms with E-state index in [4.69, 9.17) is 5.11 Å². The molecule has 0 aliphatic rings. The molecule has 3 nitrogen and oxygen atoms in total. The van der Waals surface area contributed by atoms with E-state index in [1.54, 1.807) is 12.1 Å². The fourth-order valence-electron chi connectivity index (χ4n) is 1.74. The summed E-state index contributed by atoms with van der Waals surface area (Å²) < 4.78 is 0. The van der Waals surface area contributed by atoms with Crippen molar-refractivity contribution in [2.75, 3.05) is 19.0 Å². The molecule has 1 aromatic carbocycles. The summed E-state index contributed by atoms with van der Waals surface area (Å²) in [5.41, 5.74) is 2.27. The van der Waals surface area contributed by atoms with E-state index in [1.165, 1.54) is 0 Å². The molecule has 82 valence electrons. The summed E-state index contributed by atoms with van der Waals surface area (Å²) in [6, 6.07) is 5.39. The van der Waals surface area contributed by atoms with Crippen molar-refractivity contribution in [2.24, 2.45) is 0 Å². The third kappa shape index (κ3) is 2.29. The molecule has 1 N–H and O–H groups in total. The van der Waals surface area contributed by atoms with Crippen LogP contribution in [0.15, 0.2) is 18.2 Å². The highest BCUT2D eigenvalue weighted by molar-refractivity contribution is 5.91. The molecule has 0 heterocycles. The smallest absolute Gasteiger partial charge is 0.336 e. The van der Waals surface area contributed by atoms with E-state index in [0.29, 0.717) is 5.56 Å². The molecule has 0 aliphatic carbocycles. The van der Waals surface area contributed by atoms with Gasteiger partial charge in [0.15, 0.2) is 0 Å². The number of aromatic carboxylic acids is 1. The molecule has 1 aromatic rings. The van der Waals surface area contributed by atoms with Gasteiger partial charge in [-0.3, -0.25) is 0 Å². The number of hydrogen-bond donors (Lipinski definition) is 1. The Morgan fingerprint density at radius 1 is 1.33 bits per heavy atom. The van der Waals surface area contributed by atoms with Crippen molar-refractivity contribution in [3.63, 3.8) is 0 Å². The first kappa shape index (κ1) is 11.6. The normalized spacial score (nSPS) is 10.5. The van der Waals surface area contributed by atoms with E-state index in [2.05, 4.69) is 0 Å². The first-order valence-corrected chi connectivity index (χ1v) is 4.98. The first-order valence-electron chi connectivity index (χ1n) is 4.98. The van der Waals surface area contributed by atoms with Crippen LogP contribution in [0.4, 0.5) is 5.69 Å². The minimum absolute atomic E-state index is 0.203. The van der Waals surface area contributed by atoms with Gasteiger partial charge in [-0.05, 0) is 23.6 Å². The lowest BCUT2D eigenvalue weighted by molar-refractivity contribution is 0.0695. The van der Waals surface area contributed by atoms with Crippen LogP contribution in [0.25, 0.3) is 0 Å². The fourth-order valence-corrected chi connectivity index (χ4v) is 1.74. The average molecular weight is 207 g/mol. The van der Waals surface area contributed by atoms with Gasteiger partial charge in [0, 0.05) is 19.8 Å². The summed E-state index contributed by atoms with van der Waals surface area (Å²) in [7, 11) is 3.85. The van der Waals surface area contributed by atoms with E-state index in [0.717, 1.165) is 11.3 Å². The summed E-state index contributed by atoms with van der Waals surface area (Å²) in [6.45, 7) is 4.02. The Labute approximate surface area is 90.3 Å². The monoisotopic (exact) mass is 207 g/mol. The Balaban J connectivity index is 3.42. The second-order valence-corrected chi connectivity index (χ2v) is 4.09. The van der Waals surface area contributed by atoms with E-state index in [-0.39, 0.29) is 5.92 Å². The summed E-state index contributed by atoms with van der Waals surface area (Å²) in [5.74, 6) is -0.655. The Morgan fingerprint density at radius 2 is 1.93 bits per heavy atom. The molecule has 0 atom stereocenters. The van der Waals surface area contributed by atoms with Gasteiger partial charge in [-0.25, -0.2) is 4.79 Å². The highest BCUT2D eigenvalue weighted by atomic mass is 16.4. The van der Waals surface area contributed by atoms with Crippen LogP contribution < -0.4 is 4.90 Å². The molecule has 0 saturated heterocycles. The summed E-state index contributed by atoms with van der Waals surface area (Å²) >= 11 is 0. The lowest BCUT2D eigenvalue weighted by Gasteiger charge is -2.21. The summed E-state index contributed by atoms with van der Waals surface area (Å²) in [6.07, 6.45) is 0. The molecule has 0 saturated carbocycles. The minimum Gasteiger partial charge on any atom is -0.478 e. The number of rotatable bonds is 3. The lowest BCUT2D eigenvalue weighted by Crippen LogP contribution is -2.15. The quantitative estimate of drug-likeness (QED) is 0.828. The molecule has 0 amide bonds. The van der Waals surface area contributed by atoms with Gasteiger partial charge in [0.25, 0.3) is 0 Å². The van der Waals surface area contributed by atoms with Crippen molar-refractivity contribution < 1.29 is 9.90 Å². The van der Waals surface area contributed by atoms with Crippen LogP contribution in [0.5, 0.6) is 0 Å². The van der Waals surface area contributed by atoms with Gasteiger partial charge in [0.05, 0.1) is 5.56 Å². The second-order valence-electron chi connectivity index (χ2n) is 4.09. The number of carbonyl (C=O) groups is 1.